The van der Waals surface area contributed by atoms with Gasteiger partial charge in [-0.05, 0) is 51.0 Å². The van der Waals surface area contributed by atoms with Crippen molar-refractivity contribution in [1.82, 2.24) is 10.2 Å². The molecule has 1 aromatic carbocycles. The maximum absolute atomic E-state index is 13.3. The zero-order chi connectivity index (χ0) is 15.1. The minimum atomic E-state index is -0.340. The Morgan fingerprint density at radius 1 is 1.29 bits per heavy atom. The second kappa shape index (κ2) is 8.72. The van der Waals surface area contributed by atoms with Crippen LogP contribution in [0.15, 0.2) is 18.2 Å². The number of hydrogen-bond donors (Lipinski definition) is 1. The number of benzene rings is 1. The van der Waals surface area contributed by atoms with Gasteiger partial charge in [-0.1, -0.05) is 43.0 Å². The molecule has 4 heteroatoms. The van der Waals surface area contributed by atoms with Gasteiger partial charge in [-0.3, -0.25) is 0 Å². The highest BCUT2D eigenvalue weighted by atomic mass is 35.5. The van der Waals surface area contributed by atoms with Crippen LogP contribution < -0.4 is 5.32 Å². The molecule has 0 aliphatic heterocycles. The van der Waals surface area contributed by atoms with E-state index in [1.54, 1.807) is 6.07 Å². The standard InChI is InChI=1S/C17H26ClFN2/c1-21(15-8-3-2-4-9-15)12-6-11-20-13-14-7-5-10-16(19)17(14)18/h5,7,10,15,20H,2-4,6,8-9,11-13H2,1H3. The van der Waals surface area contributed by atoms with E-state index in [0.29, 0.717) is 6.54 Å². The molecule has 0 spiro atoms. The monoisotopic (exact) mass is 312 g/mol. The highest BCUT2D eigenvalue weighted by Crippen LogP contribution is 2.21. The van der Waals surface area contributed by atoms with E-state index in [1.165, 1.54) is 38.2 Å². The van der Waals surface area contributed by atoms with E-state index in [9.17, 15) is 4.39 Å². The lowest BCUT2D eigenvalue weighted by Crippen LogP contribution is -2.35. The molecule has 0 saturated heterocycles. The van der Waals surface area contributed by atoms with E-state index in [1.807, 2.05) is 6.07 Å². The average molecular weight is 313 g/mol. The van der Waals surface area contributed by atoms with E-state index in [0.717, 1.165) is 31.1 Å². The molecule has 0 unspecified atom stereocenters. The Hall–Kier alpha value is -0.640. The third-order valence-corrected chi connectivity index (χ3v) is 4.83. The van der Waals surface area contributed by atoms with E-state index in [-0.39, 0.29) is 10.8 Å². The van der Waals surface area contributed by atoms with Crippen molar-refractivity contribution in [2.45, 2.75) is 51.1 Å². The Balaban J connectivity index is 1.62. The van der Waals surface area contributed by atoms with Crippen molar-refractivity contribution in [2.75, 3.05) is 20.1 Å². The average Bonchev–Trinajstić information content (AvgIpc) is 2.51. The summed E-state index contributed by atoms with van der Waals surface area (Å²) in [5, 5.41) is 3.59. The van der Waals surface area contributed by atoms with E-state index in [4.69, 9.17) is 11.6 Å². The lowest BCUT2D eigenvalue weighted by molar-refractivity contribution is 0.189. The van der Waals surface area contributed by atoms with Crippen LogP contribution in [0, 0.1) is 5.82 Å². The first-order valence-corrected chi connectivity index (χ1v) is 8.40. The molecule has 1 saturated carbocycles. The molecule has 2 rings (SSSR count). The fourth-order valence-corrected chi connectivity index (χ4v) is 3.26. The molecule has 1 aliphatic rings. The lowest BCUT2D eigenvalue weighted by Gasteiger charge is -2.31. The Bertz CT molecular complexity index is 433. The van der Waals surface area contributed by atoms with E-state index < -0.39 is 0 Å². The number of nitrogens with one attached hydrogen (secondary N) is 1. The number of hydrogen-bond acceptors (Lipinski definition) is 2. The molecule has 118 valence electrons. The number of nitrogens with zero attached hydrogens (tertiary/aromatic N) is 1. The van der Waals surface area contributed by atoms with Crippen molar-refractivity contribution in [2.24, 2.45) is 0 Å². The summed E-state index contributed by atoms with van der Waals surface area (Å²) in [6.07, 6.45) is 7.97. The molecule has 1 fully saturated rings. The zero-order valence-electron chi connectivity index (χ0n) is 12.9. The molecule has 0 radical (unpaired) electrons. The summed E-state index contributed by atoms with van der Waals surface area (Å²) in [7, 11) is 2.24. The van der Waals surface area contributed by atoms with Gasteiger partial charge in [-0.25, -0.2) is 4.39 Å². The summed E-state index contributed by atoms with van der Waals surface area (Å²) in [4.78, 5) is 2.50. The summed E-state index contributed by atoms with van der Waals surface area (Å²) in [5.41, 5.74) is 0.831. The number of rotatable bonds is 7. The Labute approximate surface area is 132 Å². The first kappa shape index (κ1) is 16.7. The third-order valence-electron chi connectivity index (χ3n) is 4.41. The molecular formula is C17H26ClFN2. The van der Waals surface area contributed by atoms with Crippen LogP contribution in [0.4, 0.5) is 4.39 Å². The summed E-state index contributed by atoms with van der Waals surface area (Å²) in [6, 6.07) is 5.74. The highest BCUT2D eigenvalue weighted by molar-refractivity contribution is 6.31. The van der Waals surface area contributed by atoms with Crippen molar-refractivity contribution < 1.29 is 4.39 Å². The predicted molar refractivity (Wildman–Crippen MR) is 87.2 cm³/mol. The zero-order valence-corrected chi connectivity index (χ0v) is 13.6. The summed E-state index contributed by atoms with van der Waals surface area (Å²) in [5.74, 6) is -0.340. The number of halogens is 2. The first-order chi connectivity index (χ1) is 10.2. The van der Waals surface area contributed by atoms with Crippen LogP contribution in [0.1, 0.15) is 44.1 Å². The molecule has 0 aromatic heterocycles. The van der Waals surface area contributed by atoms with Crippen LogP contribution in [0.3, 0.4) is 0 Å². The largest absolute Gasteiger partial charge is 0.313 e. The third kappa shape index (κ3) is 5.24. The van der Waals surface area contributed by atoms with Gasteiger partial charge in [0.1, 0.15) is 5.82 Å². The van der Waals surface area contributed by atoms with Crippen LogP contribution in [0.5, 0.6) is 0 Å². The summed E-state index contributed by atoms with van der Waals surface area (Å²) < 4.78 is 13.3. The predicted octanol–water partition coefficient (Wildman–Crippen LogP) is 4.22. The van der Waals surface area contributed by atoms with Crippen LogP contribution in [-0.4, -0.2) is 31.1 Å². The van der Waals surface area contributed by atoms with Crippen molar-refractivity contribution in [3.05, 3.63) is 34.6 Å². The maximum Gasteiger partial charge on any atom is 0.142 e. The highest BCUT2D eigenvalue weighted by Gasteiger charge is 2.17. The molecule has 0 atom stereocenters. The first-order valence-electron chi connectivity index (χ1n) is 8.02. The molecule has 1 N–H and O–H groups in total. The van der Waals surface area contributed by atoms with Gasteiger partial charge in [0.05, 0.1) is 5.02 Å². The van der Waals surface area contributed by atoms with Gasteiger partial charge in [0, 0.05) is 12.6 Å². The van der Waals surface area contributed by atoms with Crippen LogP contribution in [-0.2, 0) is 6.54 Å². The minimum absolute atomic E-state index is 0.240. The minimum Gasteiger partial charge on any atom is -0.313 e. The molecule has 0 amide bonds. The molecule has 21 heavy (non-hydrogen) atoms. The van der Waals surface area contributed by atoms with Crippen LogP contribution in [0.25, 0.3) is 0 Å². The second-order valence-corrected chi connectivity index (χ2v) is 6.39. The van der Waals surface area contributed by atoms with Crippen molar-refractivity contribution in [1.29, 1.82) is 0 Å². The maximum atomic E-state index is 13.3. The normalized spacial score (nSPS) is 16.6. The fraction of sp³-hybridized carbons (Fsp3) is 0.647. The second-order valence-electron chi connectivity index (χ2n) is 6.02. The van der Waals surface area contributed by atoms with Gasteiger partial charge in [0.15, 0.2) is 0 Å². The van der Waals surface area contributed by atoms with Gasteiger partial charge in [0.25, 0.3) is 0 Å². The topological polar surface area (TPSA) is 15.3 Å². The molecule has 0 bridgehead atoms. The molecule has 2 nitrogen and oxygen atoms in total. The van der Waals surface area contributed by atoms with Gasteiger partial charge in [-0.2, -0.15) is 0 Å². The SMILES string of the molecule is CN(CCCNCc1cccc(F)c1Cl)C1CCCCC1. The molecule has 1 aromatic rings. The smallest absolute Gasteiger partial charge is 0.142 e. The van der Waals surface area contributed by atoms with Gasteiger partial charge in [0.2, 0.25) is 0 Å². The Kier molecular flexibility index (Phi) is 6.94. The van der Waals surface area contributed by atoms with Gasteiger partial charge < -0.3 is 10.2 Å². The Morgan fingerprint density at radius 2 is 2.05 bits per heavy atom. The quantitative estimate of drug-likeness (QED) is 0.758. The van der Waals surface area contributed by atoms with Crippen molar-refractivity contribution >= 4 is 11.6 Å². The van der Waals surface area contributed by atoms with Crippen LogP contribution >= 0.6 is 11.6 Å². The van der Waals surface area contributed by atoms with Crippen molar-refractivity contribution in [3.63, 3.8) is 0 Å². The van der Waals surface area contributed by atoms with E-state index >= 15 is 0 Å². The van der Waals surface area contributed by atoms with Gasteiger partial charge in [-0.15, -0.1) is 0 Å². The van der Waals surface area contributed by atoms with Gasteiger partial charge >= 0.3 is 0 Å². The van der Waals surface area contributed by atoms with E-state index in [2.05, 4.69) is 17.3 Å². The molecular weight excluding hydrogens is 287 g/mol. The molecule has 0 heterocycles. The Morgan fingerprint density at radius 3 is 2.81 bits per heavy atom. The fourth-order valence-electron chi connectivity index (χ4n) is 3.07. The summed E-state index contributed by atoms with van der Waals surface area (Å²) >= 11 is 5.93. The summed E-state index contributed by atoms with van der Waals surface area (Å²) in [6.45, 7) is 2.68. The van der Waals surface area contributed by atoms with Crippen molar-refractivity contribution in [3.8, 4) is 0 Å². The lowest BCUT2D eigenvalue weighted by atomic mass is 9.94. The van der Waals surface area contributed by atoms with Crippen LogP contribution in [0.2, 0.25) is 5.02 Å². The molecule has 1 aliphatic carbocycles.